The molecule has 3 rings (SSSR count). The van der Waals surface area contributed by atoms with Gasteiger partial charge in [-0.25, -0.2) is 14.2 Å². The molecule has 0 aliphatic rings. The molecule has 3 aromatic rings. The van der Waals surface area contributed by atoms with Crippen molar-refractivity contribution in [2.24, 2.45) is 0 Å². The predicted octanol–water partition coefficient (Wildman–Crippen LogP) is 5.16. The molecule has 0 fully saturated rings. The first kappa shape index (κ1) is 20.8. The number of phenolic OH excluding ortho intramolecular Hbond substituents is 1. The van der Waals surface area contributed by atoms with E-state index in [0.29, 0.717) is 17.1 Å². The normalized spacial score (nSPS) is 10.9. The van der Waals surface area contributed by atoms with E-state index in [4.69, 9.17) is 4.74 Å². The summed E-state index contributed by atoms with van der Waals surface area (Å²) >= 11 is 0. The van der Waals surface area contributed by atoms with Crippen LogP contribution in [0.4, 0.5) is 38.0 Å². The van der Waals surface area contributed by atoms with E-state index in [9.17, 15) is 14.3 Å². The van der Waals surface area contributed by atoms with Crippen LogP contribution < -0.4 is 16.0 Å². The molecule has 0 saturated carbocycles. The van der Waals surface area contributed by atoms with Gasteiger partial charge in [-0.2, -0.15) is 4.98 Å². The lowest BCUT2D eigenvalue weighted by atomic mass is 10.2. The lowest BCUT2D eigenvalue weighted by Crippen LogP contribution is -2.27. The highest BCUT2D eigenvalue weighted by Crippen LogP contribution is 2.24. The molecule has 0 atom stereocenters. The minimum Gasteiger partial charge on any atom is -0.508 e. The standard InChI is InChI=1S/C21H22FN5O3/c1-21(2,3)30-20(29)26-14-7-4-6-13(10-14)25-19-23-12-17(22)18(27-19)24-15-8-5-9-16(28)11-15/h4-12,28H,1-3H3,(H,26,29)(H2,23,24,25,27). The topological polar surface area (TPSA) is 108 Å². The first-order valence-electron chi connectivity index (χ1n) is 9.14. The summed E-state index contributed by atoms with van der Waals surface area (Å²) < 4.78 is 19.3. The van der Waals surface area contributed by atoms with Gasteiger partial charge in [0.2, 0.25) is 5.95 Å². The zero-order chi connectivity index (χ0) is 21.7. The second-order valence-corrected chi connectivity index (χ2v) is 7.40. The first-order valence-corrected chi connectivity index (χ1v) is 9.14. The molecule has 2 aromatic carbocycles. The largest absolute Gasteiger partial charge is 0.508 e. The molecule has 1 heterocycles. The highest BCUT2D eigenvalue weighted by molar-refractivity contribution is 5.85. The average molecular weight is 411 g/mol. The van der Waals surface area contributed by atoms with Crippen molar-refractivity contribution in [3.63, 3.8) is 0 Å². The number of halogens is 1. The average Bonchev–Trinajstić information content (AvgIpc) is 2.63. The molecule has 156 valence electrons. The summed E-state index contributed by atoms with van der Waals surface area (Å²) in [5.74, 6) is -0.513. The molecule has 1 aromatic heterocycles. The van der Waals surface area contributed by atoms with Crippen molar-refractivity contribution in [3.05, 3.63) is 60.5 Å². The molecule has 0 bridgehead atoms. The van der Waals surface area contributed by atoms with Crippen LogP contribution in [0.2, 0.25) is 0 Å². The van der Waals surface area contributed by atoms with Gasteiger partial charge in [-0.1, -0.05) is 12.1 Å². The van der Waals surface area contributed by atoms with E-state index >= 15 is 0 Å². The fraction of sp³-hybridized carbons (Fsp3) is 0.190. The quantitative estimate of drug-likeness (QED) is 0.459. The van der Waals surface area contributed by atoms with Gasteiger partial charge in [-0.15, -0.1) is 0 Å². The van der Waals surface area contributed by atoms with Crippen LogP contribution in [0.3, 0.4) is 0 Å². The Morgan fingerprint density at radius 2 is 1.70 bits per heavy atom. The van der Waals surface area contributed by atoms with Crippen molar-refractivity contribution >= 4 is 34.9 Å². The first-order chi connectivity index (χ1) is 14.2. The maximum absolute atomic E-state index is 14.1. The third-order valence-corrected chi connectivity index (χ3v) is 3.62. The van der Waals surface area contributed by atoms with Gasteiger partial charge in [0.1, 0.15) is 11.4 Å². The number of anilines is 5. The lowest BCUT2D eigenvalue weighted by Gasteiger charge is -2.19. The molecule has 0 saturated heterocycles. The number of nitrogens with one attached hydrogen (secondary N) is 3. The molecule has 1 amide bonds. The maximum atomic E-state index is 14.1. The Morgan fingerprint density at radius 3 is 2.40 bits per heavy atom. The Bertz CT molecular complexity index is 1050. The van der Waals surface area contributed by atoms with Gasteiger partial charge in [-0.05, 0) is 51.1 Å². The molecule has 4 N–H and O–H groups in total. The fourth-order valence-corrected chi connectivity index (χ4v) is 2.46. The Morgan fingerprint density at radius 1 is 1.03 bits per heavy atom. The number of carbonyl (C=O) groups is 1. The van der Waals surface area contributed by atoms with E-state index in [-0.39, 0.29) is 17.5 Å². The molecule has 0 spiro atoms. The summed E-state index contributed by atoms with van der Waals surface area (Å²) in [6.45, 7) is 5.33. The molecule has 0 aliphatic heterocycles. The van der Waals surface area contributed by atoms with E-state index in [1.54, 1.807) is 57.2 Å². The van der Waals surface area contributed by atoms with Crippen LogP contribution in [-0.2, 0) is 4.74 Å². The third kappa shape index (κ3) is 6.06. The zero-order valence-corrected chi connectivity index (χ0v) is 16.7. The summed E-state index contributed by atoms with van der Waals surface area (Å²) in [7, 11) is 0. The SMILES string of the molecule is CC(C)(C)OC(=O)Nc1cccc(Nc2ncc(F)c(Nc3cccc(O)c3)n2)c1. The predicted molar refractivity (Wildman–Crippen MR) is 113 cm³/mol. The van der Waals surface area contributed by atoms with Crippen LogP contribution in [0.1, 0.15) is 20.8 Å². The number of benzene rings is 2. The number of hydrogen-bond acceptors (Lipinski definition) is 7. The zero-order valence-electron chi connectivity index (χ0n) is 16.7. The smallest absolute Gasteiger partial charge is 0.412 e. The van der Waals surface area contributed by atoms with Crippen molar-refractivity contribution in [2.45, 2.75) is 26.4 Å². The molecular formula is C21H22FN5O3. The number of nitrogens with zero attached hydrogens (tertiary/aromatic N) is 2. The third-order valence-electron chi connectivity index (χ3n) is 3.62. The van der Waals surface area contributed by atoms with Gasteiger partial charge in [0.15, 0.2) is 11.6 Å². The van der Waals surface area contributed by atoms with E-state index in [1.165, 1.54) is 12.1 Å². The van der Waals surface area contributed by atoms with Gasteiger partial charge in [-0.3, -0.25) is 5.32 Å². The second-order valence-electron chi connectivity index (χ2n) is 7.40. The van der Waals surface area contributed by atoms with Crippen molar-refractivity contribution in [1.29, 1.82) is 0 Å². The van der Waals surface area contributed by atoms with Crippen molar-refractivity contribution < 1.29 is 19.0 Å². The Hall–Kier alpha value is -3.88. The molecule has 0 radical (unpaired) electrons. The number of aromatic nitrogens is 2. The number of phenols is 1. The van der Waals surface area contributed by atoms with Crippen LogP contribution >= 0.6 is 0 Å². The molecular weight excluding hydrogens is 389 g/mol. The lowest BCUT2D eigenvalue weighted by molar-refractivity contribution is 0.0636. The van der Waals surface area contributed by atoms with Gasteiger partial charge in [0.25, 0.3) is 0 Å². The number of aromatic hydroxyl groups is 1. The van der Waals surface area contributed by atoms with Crippen LogP contribution in [0.25, 0.3) is 0 Å². The Labute approximate surface area is 173 Å². The number of ether oxygens (including phenoxy) is 1. The summed E-state index contributed by atoms with van der Waals surface area (Å²) in [6, 6.07) is 13.1. The molecule has 0 aliphatic carbocycles. The fourth-order valence-electron chi connectivity index (χ4n) is 2.46. The monoisotopic (exact) mass is 411 g/mol. The highest BCUT2D eigenvalue weighted by Gasteiger charge is 2.16. The number of rotatable bonds is 5. The van der Waals surface area contributed by atoms with E-state index in [2.05, 4.69) is 25.9 Å². The van der Waals surface area contributed by atoms with Crippen molar-refractivity contribution in [3.8, 4) is 5.75 Å². The van der Waals surface area contributed by atoms with Crippen LogP contribution in [0, 0.1) is 5.82 Å². The Kier molecular flexibility index (Phi) is 6.01. The number of amides is 1. The Balaban J connectivity index is 1.73. The molecule has 0 unspecified atom stereocenters. The second kappa shape index (κ2) is 8.64. The van der Waals surface area contributed by atoms with E-state index in [1.807, 2.05) is 0 Å². The summed E-state index contributed by atoms with van der Waals surface area (Å²) in [5, 5.41) is 17.9. The summed E-state index contributed by atoms with van der Waals surface area (Å²) in [5.41, 5.74) is 0.955. The summed E-state index contributed by atoms with van der Waals surface area (Å²) in [6.07, 6.45) is 0.457. The maximum Gasteiger partial charge on any atom is 0.412 e. The number of carbonyl (C=O) groups excluding carboxylic acids is 1. The van der Waals surface area contributed by atoms with Gasteiger partial charge in [0, 0.05) is 23.1 Å². The minimum absolute atomic E-state index is 0.0436. The highest BCUT2D eigenvalue weighted by atomic mass is 19.1. The van der Waals surface area contributed by atoms with Crippen LogP contribution in [0.15, 0.2) is 54.7 Å². The molecule has 30 heavy (non-hydrogen) atoms. The van der Waals surface area contributed by atoms with Crippen molar-refractivity contribution in [2.75, 3.05) is 16.0 Å². The summed E-state index contributed by atoms with van der Waals surface area (Å²) in [4.78, 5) is 20.0. The van der Waals surface area contributed by atoms with Crippen LogP contribution in [-0.4, -0.2) is 26.8 Å². The molecule has 9 heteroatoms. The number of hydrogen-bond donors (Lipinski definition) is 4. The van der Waals surface area contributed by atoms with Gasteiger partial charge >= 0.3 is 6.09 Å². The van der Waals surface area contributed by atoms with Gasteiger partial charge in [0.05, 0.1) is 6.20 Å². The van der Waals surface area contributed by atoms with E-state index < -0.39 is 17.5 Å². The van der Waals surface area contributed by atoms with Crippen molar-refractivity contribution in [1.82, 2.24) is 9.97 Å². The van der Waals surface area contributed by atoms with E-state index in [0.717, 1.165) is 6.20 Å². The van der Waals surface area contributed by atoms with Gasteiger partial charge < -0.3 is 20.5 Å². The molecule has 8 nitrogen and oxygen atoms in total. The van der Waals surface area contributed by atoms with Crippen LogP contribution in [0.5, 0.6) is 5.75 Å². The minimum atomic E-state index is -0.649.